The molecule has 8 nitrogen and oxygen atoms in total. The third-order valence-electron chi connectivity index (χ3n) is 5.98. The molecule has 0 unspecified atom stereocenters. The number of carbonyl (C=O) groups is 1. The van der Waals surface area contributed by atoms with Crippen LogP contribution in [0.2, 0.25) is 0 Å². The number of amides is 1. The first-order chi connectivity index (χ1) is 17.6. The maximum Gasteiger partial charge on any atom is 0.220 e. The Kier molecular flexibility index (Phi) is 11.0. The summed E-state index contributed by atoms with van der Waals surface area (Å²) in [6, 6.07) is 16.7. The number of nitrogens with two attached hydrogens (primary N) is 2. The molecule has 1 heterocycles. The van der Waals surface area contributed by atoms with Gasteiger partial charge in [-0.3, -0.25) is 4.79 Å². The molecule has 0 saturated heterocycles. The van der Waals surface area contributed by atoms with Crippen molar-refractivity contribution in [1.29, 1.82) is 0 Å². The third-order valence-corrected chi connectivity index (χ3v) is 5.98. The number of nitrogens with zero attached hydrogens (tertiary/aromatic N) is 2. The van der Waals surface area contributed by atoms with Crippen LogP contribution in [0.15, 0.2) is 54.6 Å². The van der Waals surface area contributed by atoms with Gasteiger partial charge < -0.3 is 26.6 Å². The van der Waals surface area contributed by atoms with Crippen molar-refractivity contribution >= 4 is 11.7 Å². The molecular weight excluding hydrogens is 454 g/mol. The molecule has 1 aromatic heterocycles. The van der Waals surface area contributed by atoms with Gasteiger partial charge in [0.1, 0.15) is 11.4 Å². The van der Waals surface area contributed by atoms with Crippen LogP contribution < -0.4 is 21.5 Å². The van der Waals surface area contributed by atoms with Gasteiger partial charge in [0.05, 0.1) is 6.61 Å². The summed E-state index contributed by atoms with van der Waals surface area (Å²) in [5, 5.41) is 21.1. The molecule has 0 fully saturated rings. The van der Waals surface area contributed by atoms with Gasteiger partial charge in [-0.1, -0.05) is 62.1 Å². The molecule has 2 aromatic carbocycles. The fraction of sp³-hybridized carbons (Fsp3) is 0.393. The summed E-state index contributed by atoms with van der Waals surface area (Å²) in [5.74, 6) is 0.846. The molecule has 0 aliphatic rings. The minimum atomic E-state index is 0.0983. The number of rotatable bonds is 15. The number of hydrogen-bond donors (Lipinski definition) is 4. The highest BCUT2D eigenvalue weighted by molar-refractivity contribution is 5.75. The number of carbonyl (C=O) groups excluding carboxylic acids is 1. The molecule has 0 spiro atoms. The van der Waals surface area contributed by atoms with E-state index in [0.29, 0.717) is 43.0 Å². The van der Waals surface area contributed by atoms with E-state index in [-0.39, 0.29) is 17.5 Å². The number of unbranched alkanes of at least 4 members (excludes halogenated alkanes) is 5. The highest BCUT2D eigenvalue weighted by Crippen LogP contribution is 2.30. The molecule has 3 aromatic rings. The number of hydrogen-bond acceptors (Lipinski definition) is 7. The Morgan fingerprint density at radius 3 is 2.36 bits per heavy atom. The van der Waals surface area contributed by atoms with E-state index in [0.717, 1.165) is 36.9 Å². The van der Waals surface area contributed by atoms with E-state index in [1.165, 1.54) is 19.3 Å². The van der Waals surface area contributed by atoms with Gasteiger partial charge >= 0.3 is 0 Å². The van der Waals surface area contributed by atoms with Crippen LogP contribution in [0.25, 0.3) is 11.3 Å². The number of para-hydroxylation sites is 1. The molecule has 36 heavy (non-hydrogen) atoms. The van der Waals surface area contributed by atoms with Crippen LogP contribution >= 0.6 is 0 Å². The average Bonchev–Trinajstić information content (AvgIpc) is 2.89. The minimum absolute atomic E-state index is 0.0983. The van der Waals surface area contributed by atoms with Crippen LogP contribution in [0.3, 0.4) is 0 Å². The molecule has 3 rings (SSSR count). The van der Waals surface area contributed by atoms with Gasteiger partial charge in [0.25, 0.3) is 0 Å². The highest BCUT2D eigenvalue weighted by Gasteiger charge is 2.11. The predicted octanol–water partition coefficient (Wildman–Crippen LogP) is 4.36. The van der Waals surface area contributed by atoms with Gasteiger partial charge in [-0.25, -0.2) is 0 Å². The Labute approximate surface area is 213 Å². The molecule has 0 aliphatic carbocycles. The zero-order valence-electron chi connectivity index (χ0n) is 20.8. The molecule has 0 aliphatic heterocycles. The summed E-state index contributed by atoms with van der Waals surface area (Å²) in [6.07, 6.45) is 7.91. The quantitative estimate of drug-likeness (QED) is 0.232. The number of ether oxygens (including phenoxy) is 1. The van der Waals surface area contributed by atoms with Gasteiger partial charge in [0.15, 0.2) is 11.6 Å². The Morgan fingerprint density at radius 2 is 1.61 bits per heavy atom. The van der Waals surface area contributed by atoms with E-state index in [9.17, 15) is 9.90 Å². The summed E-state index contributed by atoms with van der Waals surface area (Å²) in [5.41, 5.74) is 14.7. The SMILES string of the molecule is NCCCCCCCCC(=O)NCc1ccc(CCOc2cc(-c3ccccc3O)nnc2N)cc1. The van der Waals surface area contributed by atoms with E-state index in [1.807, 2.05) is 30.3 Å². The molecule has 0 radical (unpaired) electrons. The van der Waals surface area contributed by atoms with Gasteiger partial charge in [-0.15, -0.1) is 10.2 Å². The van der Waals surface area contributed by atoms with Gasteiger partial charge in [-0.2, -0.15) is 0 Å². The fourth-order valence-electron chi connectivity index (χ4n) is 3.85. The second-order valence-corrected chi connectivity index (χ2v) is 8.85. The third kappa shape index (κ3) is 8.85. The number of aromatic hydroxyl groups is 1. The van der Waals surface area contributed by atoms with Crippen molar-refractivity contribution in [3.05, 3.63) is 65.7 Å². The number of anilines is 1. The topological polar surface area (TPSA) is 136 Å². The second kappa shape index (κ2) is 14.7. The molecule has 0 atom stereocenters. The lowest BCUT2D eigenvalue weighted by Crippen LogP contribution is -2.22. The monoisotopic (exact) mass is 491 g/mol. The molecule has 6 N–H and O–H groups in total. The number of nitrogen functional groups attached to an aromatic ring is 1. The summed E-state index contributed by atoms with van der Waals surface area (Å²) in [6.45, 7) is 1.71. The minimum Gasteiger partial charge on any atom is -0.507 e. The van der Waals surface area contributed by atoms with Crippen molar-refractivity contribution in [3.8, 4) is 22.8 Å². The molecule has 0 saturated carbocycles. The zero-order chi connectivity index (χ0) is 25.6. The average molecular weight is 492 g/mol. The summed E-state index contributed by atoms with van der Waals surface area (Å²) in [7, 11) is 0. The van der Waals surface area contributed by atoms with Crippen molar-refractivity contribution in [2.75, 3.05) is 18.9 Å². The molecule has 1 amide bonds. The zero-order valence-corrected chi connectivity index (χ0v) is 20.8. The highest BCUT2D eigenvalue weighted by atomic mass is 16.5. The fourth-order valence-corrected chi connectivity index (χ4v) is 3.85. The number of benzene rings is 2. The summed E-state index contributed by atoms with van der Waals surface area (Å²) in [4.78, 5) is 12.1. The normalized spacial score (nSPS) is 10.8. The standard InChI is InChI=1S/C28H37N5O3/c29-17-8-4-2-1-3-5-11-27(35)31-20-22-14-12-21(13-15-22)16-18-36-26-19-24(32-33-28(26)30)23-9-6-7-10-25(23)34/h6-7,9-10,12-15,19,34H,1-5,8,11,16-18,20,29H2,(H2,30,33)(H,31,35). The van der Waals surface area contributed by atoms with Crippen LogP contribution in [0, 0.1) is 0 Å². The molecule has 0 bridgehead atoms. The van der Waals surface area contributed by atoms with Crippen molar-refractivity contribution in [2.24, 2.45) is 5.73 Å². The Bertz CT molecular complexity index is 1090. The van der Waals surface area contributed by atoms with Crippen LogP contribution in [0.1, 0.15) is 56.1 Å². The van der Waals surface area contributed by atoms with Crippen LogP contribution in [-0.4, -0.2) is 34.4 Å². The second-order valence-electron chi connectivity index (χ2n) is 8.85. The first-order valence-electron chi connectivity index (χ1n) is 12.7. The number of nitrogens with one attached hydrogen (secondary N) is 1. The van der Waals surface area contributed by atoms with Crippen LogP contribution in [0.4, 0.5) is 5.82 Å². The number of phenols is 1. The number of phenolic OH excluding ortho intramolecular Hbond substituents is 1. The van der Waals surface area contributed by atoms with E-state index in [1.54, 1.807) is 24.3 Å². The molecular formula is C28H37N5O3. The lowest BCUT2D eigenvalue weighted by molar-refractivity contribution is -0.121. The van der Waals surface area contributed by atoms with E-state index in [2.05, 4.69) is 15.5 Å². The van der Waals surface area contributed by atoms with Crippen molar-refractivity contribution in [3.63, 3.8) is 0 Å². The van der Waals surface area contributed by atoms with E-state index in [4.69, 9.17) is 16.2 Å². The summed E-state index contributed by atoms with van der Waals surface area (Å²) >= 11 is 0. The first kappa shape index (κ1) is 26.9. The van der Waals surface area contributed by atoms with Crippen LogP contribution in [0.5, 0.6) is 11.5 Å². The van der Waals surface area contributed by atoms with E-state index < -0.39 is 0 Å². The Hall–Kier alpha value is -3.65. The lowest BCUT2D eigenvalue weighted by Gasteiger charge is -2.10. The maximum absolute atomic E-state index is 12.1. The van der Waals surface area contributed by atoms with E-state index >= 15 is 0 Å². The lowest BCUT2D eigenvalue weighted by atomic mass is 10.1. The summed E-state index contributed by atoms with van der Waals surface area (Å²) < 4.78 is 5.85. The maximum atomic E-state index is 12.1. The molecule has 192 valence electrons. The van der Waals surface area contributed by atoms with Crippen molar-refractivity contribution in [2.45, 2.75) is 57.9 Å². The van der Waals surface area contributed by atoms with Crippen molar-refractivity contribution in [1.82, 2.24) is 15.5 Å². The Morgan fingerprint density at radius 1 is 0.917 bits per heavy atom. The largest absolute Gasteiger partial charge is 0.507 e. The van der Waals surface area contributed by atoms with Crippen LogP contribution in [-0.2, 0) is 17.8 Å². The van der Waals surface area contributed by atoms with Gasteiger partial charge in [0.2, 0.25) is 5.91 Å². The number of aromatic nitrogens is 2. The smallest absolute Gasteiger partial charge is 0.220 e. The predicted molar refractivity (Wildman–Crippen MR) is 142 cm³/mol. The Balaban J connectivity index is 1.38. The van der Waals surface area contributed by atoms with Gasteiger partial charge in [-0.05, 0) is 42.6 Å². The molecule has 8 heteroatoms. The van der Waals surface area contributed by atoms with Gasteiger partial charge in [0, 0.05) is 31.0 Å². The first-order valence-corrected chi connectivity index (χ1v) is 12.7. The van der Waals surface area contributed by atoms with Crippen molar-refractivity contribution < 1.29 is 14.6 Å².